The molecule has 10 atom stereocenters. The highest BCUT2D eigenvalue weighted by atomic mass is 31.2. The molecule has 2 amide bonds. The number of ether oxygens (including phenoxy) is 2. The van der Waals surface area contributed by atoms with Crippen LogP contribution < -0.4 is 16.2 Å². The number of phosphoric acid groups is 2. The molecule has 3 N–H and O–H groups in total. The molecule has 3 aliphatic rings. The maximum Gasteiger partial charge on any atom is 0.476 e. The van der Waals surface area contributed by atoms with Crippen molar-refractivity contribution in [3.63, 3.8) is 0 Å². The van der Waals surface area contributed by atoms with Crippen molar-refractivity contribution in [1.29, 1.82) is 10.5 Å². The molecular weight excluding hydrogens is 908 g/mol. The van der Waals surface area contributed by atoms with Crippen LogP contribution in [0.4, 0.5) is 20.5 Å². The number of amides is 2. The van der Waals surface area contributed by atoms with Crippen LogP contribution >= 0.6 is 15.6 Å². The second-order valence-corrected chi connectivity index (χ2v) is 17.8. The number of nitriles is 2. The van der Waals surface area contributed by atoms with Crippen molar-refractivity contribution in [3.8, 4) is 12.1 Å². The molecule has 65 heavy (non-hydrogen) atoms. The average Bonchev–Trinajstić information content (AvgIpc) is 4.06. The van der Waals surface area contributed by atoms with Gasteiger partial charge in [0.2, 0.25) is 11.9 Å². The number of benzene rings is 1. The van der Waals surface area contributed by atoms with Gasteiger partial charge >= 0.3 is 15.6 Å². The van der Waals surface area contributed by atoms with Gasteiger partial charge in [-0.3, -0.25) is 61.0 Å². The Kier molecular flexibility index (Phi) is 13.2. The minimum absolute atomic E-state index is 0.0162. The van der Waals surface area contributed by atoms with E-state index in [2.05, 4.69) is 40.5 Å². The number of H-pyrrole nitrogens is 1. The summed E-state index contributed by atoms with van der Waals surface area (Å²) in [5.74, 6) is -1.89. The number of phosphoric ester groups is 2. The normalized spacial score (nSPS) is 29.3. The molecule has 6 unspecified atom stereocenters. The van der Waals surface area contributed by atoms with E-state index < -0.39 is 115 Å². The summed E-state index contributed by atoms with van der Waals surface area (Å²) in [6.07, 6.45) is -12.7. The second kappa shape index (κ2) is 18.9. The highest BCUT2D eigenvalue weighted by molar-refractivity contribution is 7.48. The zero-order valence-corrected chi connectivity index (χ0v) is 35.6. The van der Waals surface area contributed by atoms with Crippen LogP contribution in [-0.2, 0) is 50.5 Å². The first-order chi connectivity index (χ1) is 31.2. The van der Waals surface area contributed by atoms with Crippen molar-refractivity contribution in [1.82, 2.24) is 39.0 Å². The molecule has 0 bridgehead atoms. The molecule has 342 valence electrons. The largest absolute Gasteiger partial charge is 0.476 e. The number of alkyl halides is 2. The first-order valence-electron chi connectivity index (χ1n) is 19.5. The molecule has 5 aromatic rings. The van der Waals surface area contributed by atoms with E-state index in [1.54, 1.807) is 56.3 Å². The topological polar surface area (TPSA) is 321 Å². The van der Waals surface area contributed by atoms with Gasteiger partial charge in [-0.05, 0) is 12.1 Å². The standard InChI is InChI=1S/C36H36F2N12O13P2/c1-18(2)31(51)47-36-46-30-25(33(53)48-36)44-17-50(30)35-23(38)27-21(61-35)13-58-64(54,56-11-6-9-39)62-26-20(14-59-65(55,63-27)57-12-10-40)60-34(22(26)37)49-16-43-24-28(41-15-42-29(24)49)45-32(52)19-7-4-3-5-8-19/h3-5,7-8,15-18,20-23,26-27,34-35H,6,11-14H2,1-2H3,(H,41,42,45,52)(H2,46,47,48,51,53)/t20?,21?,22-,23-,26-,27-,34?,35?,64?,65?/m1/s1. The molecule has 7 heterocycles. The van der Waals surface area contributed by atoms with Gasteiger partial charge in [0.15, 0.2) is 52.9 Å². The summed E-state index contributed by atoms with van der Waals surface area (Å²) >= 11 is 0. The summed E-state index contributed by atoms with van der Waals surface area (Å²) in [6.45, 7) is -0.194. The predicted molar refractivity (Wildman–Crippen MR) is 214 cm³/mol. The maximum absolute atomic E-state index is 16.9. The summed E-state index contributed by atoms with van der Waals surface area (Å²) in [5.41, 5.74) is -1.09. The van der Waals surface area contributed by atoms with E-state index in [0.717, 1.165) is 28.1 Å². The lowest BCUT2D eigenvalue weighted by Gasteiger charge is -2.29. The maximum atomic E-state index is 16.9. The Balaban J connectivity index is 1.11. The Bertz CT molecular complexity index is 2840. The summed E-state index contributed by atoms with van der Waals surface area (Å²) in [5, 5.41) is 23.6. The van der Waals surface area contributed by atoms with Gasteiger partial charge in [-0.25, -0.2) is 37.8 Å². The number of hydrogen-bond acceptors (Lipinski definition) is 20. The van der Waals surface area contributed by atoms with Crippen molar-refractivity contribution in [2.75, 3.05) is 37.1 Å². The first-order valence-corrected chi connectivity index (χ1v) is 22.4. The fraction of sp³-hybridized carbons (Fsp3) is 0.444. The van der Waals surface area contributed by atoms with Gasteiger partial charge < -0.3 is 14.8 Å². The first kappa shape index (κ1) is 45.6. The fourth-order valence-electron chi connectivity index (χ4n) is 6.82. The number of carbonyl (C=O) groups is 2. The highest BCUT2D eigenvalue weighted by Gasteiger charge is 2.56. The van der Waals surface area contributed by atoms with Gasteiger partial charge in [-0.1, -0.05) is 32.0 Å². The number of anilines is 2. The lowest BCUT2D eigenvalue weighted by molar-refractivity contribution is -0.118. The third-order valence-corrected chi connectivity index (χ3v) is 12.8. The number of aromatic nitrogens is 8. The van der Waals surface area contributed by atoms with E-state index in [1.165, 1.54) is 0 Å². The summed E-state index contributed by atoms with van der Waals surface area (Å²) in [4.78, 5) is 61.4. The number of nitrogens with one attached hydrogen (secondary N) is 3. The molecule has 1 aromatic carbocycles. The Morgan fingerprint density at radius 1 is 0.877 bits per heavy atom. The number of halogens is 2. The lowest BCUT2D eigenvalue weighted by atomic mass is 10.1. The number of fused-ring (bicyclic) bond motifs is 4. The summed E-state index contributed by atoms with van der Waals surface area (Å²) < 4.78 is 110. The van der Waals surface area contributed by atoms with Gasteiger partial charge in [0, 0.05) is 11.5 Å². The zero-order chi connectivity index (χ0) is 46.0. The molecule has 0 aliphatic carbocycles. The van der Waals surface area contributed by atoms with Crippen molar-refractivity contribution < 1.29 is 64.1 Å². The Labute approximate surface area is 364 Å². The molecule has 3 saturated heterocycles. The molecule has 0 spiro atoms. The number of nitrogens with zero attached hydrogens (tertiary/aromatic N) is 9. The van der Waals surface area contributed by atoms with Crippen LogP contribution in [0.25, 0.3) is 22.3 Å². The van der Waals surface area contributed by atoms with Gasteiger partial charge in [-0.2, -0.15) is 15.5 Å². The Morgan fingerprint density at radius 2 is 1.49 bits per heavy atom. The Morgan fingerprint density at radius 3 is 2.11 bits per heavy atom. The van der Waals surface area contributed by atoms with Crippen molar-refractivity contribution in [2.45, 2.75) is 69.5 Å². The molecule has 8 rings (SSSR count). The quantitative estimate of drug-likeness (QED) is 0.125. The van der Waals surface area contributed by atoms with Gasteiger partial charge in [-0.15, -0.1) is 0 Å². The van der Waals surface area contributed by atoms with Crippen molar-refractivity contribution >= 4 is 61.6 Å². The van der Waals surface area contributed by atoms with Crippen LogP contribution in [0.15, 0.2) is 54.1 Å². The number of rotatable bonds is 11. The van der Waals surface area contributed by atoms with Crippen LogP contribution in [0.3, 0.4) is 0 Å². The van der Waals surface area contributed by atoms with Crippen LogP contribution in [0.2, 0.25) is 0 Å². The SMILES string of the molecule is CC(C)C(=O)Nc1nc2c(ncn2C2OC3COP(=O)(OCCC#N)O[C@@H]4C(COP(=O)(OCC#N)O[C@H]3[C@H]2F)OC(n2cnc3c(NC(=O)c5ccccc5)ncnc32)[C@@H]4F)c(=O)[nH]1. The van der Waals surface area contributed by atoms with Crippen LogP contribution in [0.5, 0.6) is 0 Å². The lowest BCUT2D eigenvalue weighted by Crippen LogP contribution is -2.37. The second-order valence-electron chi connectivity index (χ2n) is 14.6. The number of carbonyl (C=O) groups excluding carboxylic acids is 2. The van der Waals surface area contributed by atoms with E-state index in [-0.39, 0.29) is 40.5 Å². The zero-order valence-electron chi connectivity index (χ0n) is 33.8. The number of hydrogen-bond donors (Lipinski definition) is 3. The van der Waals surface area contributed by atoms with E-state index >= 15 is 8.78 Å². The van der Waals surface area contributed by atoms with E-state index in [1.807, 2.05) is 0 Å². The van der Waals surface area contributed by atoms with Crippen LogP contribution in [-0.4, -0.2) is 114 Å². The van der Waals surface area contributed by atoms with E-state index in [4.69, 9.17) is 36.6 Å². The molecule has 0 radical (unpaired) electrons. The minimum Gasteiger partial charge on any atom is -0.346 e. The van der Waals surface area contributed by atoms with Crippen molar-refractivity contribution in [2.24, 2.45) is 5.92 Å². The summed E-state index contributed by atoms with van der Waals surface area (Å²) in [6, 6.07) is 11.6. The van der Waals surface area contributed by atoms with Gasteiger partial charge in [0.25, 0.3) is 11.5 Å². The Hall–Kier alpha value is -5.96. The summed E-state index contributed by atoms with van der Waals surface area (Å²) in [7, 11) is -10.1. The molecule has 3 fully saturated rings. The van der Waals surface area contributed by atoms with Crippen molar-refractivity contribution in [3.05, 3.63) is 65.2 Å². The molecule has 4 aromatic heterocycles. The smallest absolute Gasteiger partial charge is 0.346 e. The fourth-order valence-corrected chi connectivity index (χ4v) is 9.50. The number of imidazole rings is 2. The third-order valence-electron chi connectivity index (χ3n) is 9.95. The highest BCUT2D eigenvalue weighted by Crippen LogP contribution is 2.58. The van der Waals surface area contributed by atoms with E-state index in [9.17, 15) is 34.0 Å². The third kappa shape index (κ3) is 9.43. The number of aromatic amines is 1. The molecule has 25 nitrogen and oxygen atoms in total. The minimum atomic E-state index is -5.08. The van der Waals surface area contributed by atoms with Gasteiger partial charge in [0.1, 0.15) is 37.4 Å². The van der Waals surface area contributed by atoms with E-state index in [0.29, 0.717) is 5.56 Å². The van der Waals surface area contributed by atoms with Crippen LogP contribution in [0.1, 0.15) is 43.1 Å². The predicted octanol–water partition coefficient (Wildman–Crippen LogP) is 3.78. The monoisotopic (exact) mass is 944 g/mol. The molecule has 29 heteroatoms. The van der Waals surface area contributed by atoms with Gasteiger partial charge in [0.05, 0.1) is 51.0 Å². The molecule has 0 saturated carbocycles. The molecule has 3 aliphatic heterocycles. The van der Waals surface area contributed by atoms with Crippen LogP contribution in [0, 0.1) is 28.6 Å². The average molecular weight is 945 g/mol. The molecular formula is C36H36F2N12O13P2.